The Morgan fingerprint density at radius 3 is 2.68 bits per heavy atom. The maximum absolute atomic E-state index is 6.26. The van der Waals surface area contributed by atoms with Gasteiger partial charge in [-0.3, -0.25) is 0 Å². The zero-order chi connectivity index (χ0) is 13.5. The summed E-state index contributed by atoms with van der Waals surface area (Å²) in [6.45, 7) is 3.07. The highest BCUT2D eigenvalue weighted by molar-refractivity contribution is 5.20. The molecule has 2 heteroatoms. The first-order valence-corrected chi connectivity index (χ1v) is 7.73. The summed E-state index contributed by atoms with van der Waals surface area (Å²) in [5, 5.41) is 0. The Hall–Kier alpha value is -1.02. The molecule has 0 spiro atoms. The lowest BCUT2D eigenvalue weighted by Crippen LogP contribution is -2.37. The van der Waals surface area contributed by atoms with E-state index < -0.39 is 0 Å². The molecule has 0 amide bonds. The molecular formula is C17H27NO. The van der Waals surface area contributed by atoms with Crippen molar-refractivity contribution >= 4 is 0 Å². The summed E-state index contributed by atoms with van der Waals surface area (Å²) in [7, 11) is 0. The van der Waals surface area contributed by atoms with E-state index >= 15 is 0 Å². The molecule has 2 N–H and O–H groups in total. The Morgan fingerprint density at radius 1 is 1.16 bits per heavy atom. The molecule has 1 aliphatic carbocycles. The average molecular weight is 261 g/mol. The van der Waals surface area contributed by atoms with Gasteiger partial charge in [-0.15, -0.1) is 0 Å². The molecule has 2 nitrogen and oxygen atoms in total. The van der Waals surface area contributed by atoms with Crippen LogP contribution >= 0.6 is 0 Å². The molecule has 0 bridgehead atoms. The maximum Gasteiger partial charge on any atom is 0.119 e. The van der Waals surface area contributed by atoms with Crippen molar-refractivity contribution in [3.05, 3.63) is 30.3 Å². The first-order valence-electron chi connectivity index (χ1n) is 7.73. The number of benzene rings is 1. The van der Waals surface area contributed by atoms with E-state index in [9.17, 15) is 0 Å². The Labute approximate surface area is 117 Å². The van der Waals surface area contributed by atoms with Crippen LogP contribution in [0.5, 0.6) is 5.75 Å². The summed E-state index contributed by atoms with van der Waals surface area (Å²) in [5.74, 6) is 2.51. The van der Waals surface area contributed by atoms with E-state index in [1.165, 1.54) is 32.1 Å². The van der Waals surface area contributed by atoms with Crippen molar-refractivity contribution in [1.82, 2.24) is 0 Å². The number of ether oxygens (including phenoxy) is 1. The third-order valence-corrected chi connectivity index (χ3v) is 4.35. The quantitative estimate of drug-likeness (QED) is 0.840. The van der Waals surface area contributed by atoms with E-state index in [1.54, 1.807) is 0 Å². The third-order valence-electron chi connectivity index (χ3n) is 4.35. The molecule has 1 aromatic rings. The van der Waals surface area contributed by atoms with Crippen molar-refractivity contribution in [2.24, 2.45) is 17.6 Å². The van der Waals surface area contributed by atoms with Gasteiger partial charge in [0.1, 0.15) is 5.75 Å². The number of rotatable bonds is 6. The smallest absolute Gasteiger partial charge is 0.119 e. The first kappa shape index (κ1) is 14.4. The molecule has 0 aliphatic heterocycles. The minimum atomic E-state index is 0.382. The second-order valence-corrected chi connectivity index (χ2v) is 5.84. The summed E-state index contributed by atoms with van der Waals surface area (Å²) < 4.78 is 5.80. The van der Waals surface area contributed by atoms with Gasteiger partial charge in [-0.1, -0.05) is 38.0 Å². The lowest BCUT2D eigenvalue weighted by molar-refractivity contribution is 0.182. The van der Waals surface area contributed by atoms with Crippen LogP contribution in [0.15, 0.2) is 30.3 Å². The topological polar surface area (TPSA) is 35.2 Å². The lowest BCUT2D eigenvalue weighted by Gasteiger charge is -2.34. The summed E-state index contributed by atoms with van der Waals surface area (Å²) in [6.07, 6.45) is 7.57. The molecule has 3 atom stereocenters. The van der Waals surface area contributed by atoms with E-state index in [2.05, 4.69) is 6.92 Å². The van der Waals surface area contributed by atoms with Crippen LogP contribution in [0.4, 0.5) is 0 Å². The number of hydrogen-bond donors (Lipinski definition) is 1. The van der Waals surface area contributed by atoms with Gasteiger partial charge in [0.05, 0.1) is 6.61 Å². The van der Waals surface area contributed by atoms with E-state index in [0.29, 0.717) is 12.0 Å². The van der Waals surface area contributed by atoms with Crippen LogP contribution in [0.25, 0.3) is 0 Å². The zero-order valence-electron chi connectivity index (χ0n) is 12.1. The predicted molar refractivity (Wildman–Crippen MR) is 80.3 cm³/mol. The number of para-hydroxylation sites is 1. The normalized spacial score (nSPS) is 27.2. The number of nitrogens with two attached hydrogens (primary N) is 1. The second-order valence-electron chi connectivity index (χ2n) is 5.84. The Balaban J connectivity index is 1.74. The summed E-state index contributed by atoms with van der Waals surface area (Å²) in [5.41, 5.74) is 6.26. The van der Waals surface area contributed by atoms with E-state index in [-0.39, 0.29) is 0 Å². The van der Waals surface area contributed by atoms with Gasteiger partial charge in [0, 0.05) is 6.04 Å². The molecule has 3 unspecified atom stereocenters. The van der Waals surface area contributed by atoms with Crippen molar-refractivity contribution in [3.8, 4) is 5.75 Å². The van der Waals surface area contributed by atoms with E-state index in [0.717, 1.165) is 24.7 Å². The molecule has 0 radical (unpaired) electrons. The van der Waals surface area contributed by atoms with Crippen molar-refractivity contribution < 1.29 is 4.74 Å². The predicted octanol–water partition coefficient (Wildman–Crippen LogP) is 4.00. The highest BCUT2D eigenvalue weighted by atomic mass is 16.5. The minimum absolute atomic E-state index is 0.382. The van der Waals surface area contributed by atoms with E-state index in [4.69, 9.17) is 10.5 Å². The van der Waals surface area contributed by atoms with Crippen LogP contribution in [0, 0.1) is 11.8 Å². The molecule has 0 aromatic heterocycles. The summed E-state index contributed by atoms with van der Waals surface area (Å²) in [6, 6.07) is 10.4. The van der Waals surface area contributed by atoms with Crippen LogP contribution in [0.3, 0.4) is 0 Å². The Morgan fingerprint density at radius 2 is 1.95 bits per heavy atom. The molecule has 1 saturated carbocycles. The van der Waals surface area contributed by atoms with Gasteiger partial charge in [-0.25, -0.2) is 0 Å². The van der Waals surface area contributed by atoms with E-state index in [1.807, 2.05) is 30.3 Å². The Bertz CT molecular complexity index is 352. The van der Waals surface area contributed by atoms with Gasteiger partial charge in [-0.05, 0) is 49.7 Å². The molecule has 0 saturated heterocycles. The van der Waals surface area contributed by atoms with Crippen molar-refractivity contribution in [1.29, 1.82) is 0 Å². The van der Waals surface area contributed by atoms with Crippen molar-refractivity contribution in [2.75, 3.05) is 6.61 Å². The van der Waals surface area contributed by atoms with Crippen molar-refractivity contribution in [3.63, 3.8) is 0 Å². The number of hydrogen-bond acceptors (Lipinski definition) is 2. The maximum atomic E-state index is 6.26. The first-order chi connectivity index (χ1) is 9.29. The minimum Gasteiger partial charge on any atom is -0.494 e. The van der Waals surface area contributed by atoms with Crippen LogP contribution in [0.2, 0.25) is 0 Å². The third kappa shape index (κ3) is 4.54. The molecule has 1 fully saturated rings. The molecule has 1 aliphatic rings. The molecule has 1 aromatic carbocycles. The Kier molecular flexibility index (Phi) is 5.71. The molecule has 106 valence electrons. The molecule has 19 heavy (non-hydrogen) atoms. The SMILES string of the molecule is CCCC1CCC(N)C(CCOc2ccccc2)C1. The standard InChI is InChI=1S/C17H27NO/c1-2-6-14-9-10-17(18)15(13-14)11-12-19-16-7-4-3-5-8-16/h3-5,7-8,14-15,17H,2,6,9-13,18H2,1H3. The van der Waals surface area contributed by atoms with Crippen molar-refractivity contribution in [2.45, 2.75) is 51.5 Å². The fraction of sp³-hybridized carbons (Fsp3) is 0.647. The highest BCUT2D eigenvalue weighted by Crippen LogP contribution is 2.33. The van der Waals surface area contributed by atoms with Gasteiger partial charge in [0.25, 0.3) is 0 Å². The average Bonchev–Trinajstić information content (AvgIpc) is 2.44. The van der Waals surface area contributed by atoms with Gasteiger partial charge >= 0.3 is 0 Å². The monoisotopic (exact) mass is 261 g/mol. The fourth-order valence-corrected chi connectivity index (χ4v) is 3.23. The highest BCUT2D eigenvalue weighted by Gasteiger charge is 2.27. The van der Waals surface area contributed by atoms with Crippen LogP contribution in [-0.2, 0) is 0 Å². The molecular weight excluding hydrogens is 234 g/mol. The van der Waals surface area contributed by atoms with Gasteiger partial charge < -0.3 is 10.5 Å². The summed E-state index contributed by atoms with van der Waals surface area (Å²) >= 11 is 0. The summed E-state index contributed by atoms with van der Waals surface area (Å²) in [4.78, 5) is 0. The second kappa shape index (κ2) is 7.54. The molecule has 2 rings (SSSR count). The zero-order valence-corrected chi connectivity index (χ0v) is 12.1. The van der Waals surface area contributed by atoms with Crippen LogP contribution in [-0.4, -0.2) is 12.6 Å². The van der Waals surface area contributed by atoms with Gasteiger partial charge in [0.15, 0.2) is 0 Å². The molecule has 0 heterocycles. The fourth-order valence-electron chi connectivity index (χ4n) is 3.23. The van der Waals surface area contributed by atoms with Crippen LogP contribution < -0.4 is 10.5 Å². The lowest BCUT2D eigenvalue weighted by atomic mass is 9.75. The van der Waals surface area contributed by atoms with Crippen LogP contribution in [0.1, 0.15) is 45.4 Å². The van der Waals surface area contributed by atoms with Gasteiger partial charge in [-0.2, -0.15) is 0 Å². The largest absolute Gasteiger partial charge is 0.494 e. The van der Waals surface area contributed by atoms with Gasteiger partial charge in [0.2, 0.25) is 0 Å².